The molecule has 0 spiro atoms. The van der Waals surface area contributed by atoms with Crippen LogP contribution in [0, 0.1) is 24.7 Å². The van der Waals surface area contributed by atoms with Gasteiger partial charge in [0, 0.05) is 26.2 Å². The van der Waals surface area contributed by atoms with Gasteiger partial charge in [0.1, 0.15) is 0 Å². The summed E-state index contributed by atoms with van der Waals surface area (Å²) in [7, 11) is 4.40. The summed E-state index contributed by atoms with van der Waals surface area (Å²) in [5, 5.41) is 0. The second-order valence-electron chi connectivity index (χ2n) is 24.4. The van der Waals surface area contributed by atoms with Crippen LogP contribution in [0.25, 0.3) is 0 Å². The summed E-state index contributed by atoms with van der Waals surface area (Å²) in [6.45, 7) is 66.7. The minimum atomic E-state index is 0. The summed E-state index contributed by atoms with van der Waals surface area (Å²) in [6, 6.07) is 8.66. The number of piperidine rings is 4. The largest absolute Gasteiger partial charge is 0.306 e. The average Bonchev–Trinajstić information content (AvgIpc) is 3.52. The number of aryl methyl sites for hydroxylation is 2. The van der Waals surface area contributed by atoms with Gasteiger partial charge < -0.3 is 29.4 Å². The zero-order valence-corrected chi connectivity index (χ0v) is 61.1. The Morgan fingerprint density at radius 3 is 0.817 bits per heavy atom. The summed E-state index contributed by atoms with van der Waals surface area (Å²) >= 11 is 0. The Kier molecular flexibility index (Phi) is 92.3. The van der Waals surface area contributed by atoms with E-state index < -0.39 is 0 Å². The summed E-state index contributed by atoms with van der Waals surface area (Å²) in [5.41, 5.74) is 2.76. The molecule has 500 valence electrons. The number of unbranched alkanes of at least 4 members (excludes halogenated alkanes) is 3. The molecule has 1 aliphatic carbocycles. The van der Waals surface area contributed by atoms with E-state index in [1.807, 2.05) is 0 Å². The molecule has 7 rings (SSSR count). The van der Waals surface area contributed by atoms with E-state index >= 15 is 0 Å². The van der Waals surface area contributed by atoms with Crippen molar-refractivity contribution in [3.8, 4) is 0 Å². The lowest BCUT2D eigenvalue weighted by Gasteiger charge is -2.31. The van der Waals surface area contributed by atoms with Crippen LogP contribution in [0.15, 0.2) is 24.3 Å². The van der Waals surface area contributed by atoms with Gasteiger partial charge in [0.2, 0.25) is 0 Å². The fraction of sp³-hybridized carbons (Fsp3) is 0.921. The third kappa shape index (κ3) is 75.1. The number of nitrogens with zero attached hydrogens (tertiary/aromatic N) is 6. The SMILES string of the molecule is C.CCC.CCC.CCC.CCC1CCC(C)CC1.CCC1CCN(C)CC1.CCCC.CCCC.CCCC.CCN1CCCCC1.CCN1CCCCC1.CCN1CCCCC1.CCN1CCN(C)CC1.CCc1ccc(C)cc1. The zero-order chi connectivity index (χ0) is 62.6. The Labute approximate surface area is 525 Å². The average molecular weight is 1160 g/mol. The topological polar surface area (TPSA) is 19.4 Å². The first-order valence-corrected chi connectivity index (χ1v) is 36.4. The molecule has 0 aromatic heterocycles. The maximum Gasteiger partial charge on any atom is 0.0110 e. The highest BCUT2D eigenvalue weighted by atomic mass is 15.2. The number of rotatable bonds is 10. The Balaban J connectivity index is -0.000000151. The summed E-state index contributed by atoms with van der Waals surface area (Å²) in [4.78, 5) is 14.8. The molecule has 1 saturated carbocycles. The van der Waals surface area contributed by atoms with E-state index in [0.29, 0.717) is 0 Å². The van der Waals surface area contributed by atoms with E-state index in [4.69, 9.17) is 0 Å². The molecular weight excluding hydrogens is 997 g/mol. The number of likely N-dealkylation sites (N-methyl/N-ethyl adjacent to an activating group) is 2. The van der Waals surface area contributed by atoms with Crippen molar-refractivity contribution >= 4 is 0 Å². The van der Waals surface area contributed by atoms with Crippen molar-refractivity contribution in [2.24, 2.45) is 17.8 Å². The van der Waals surface area contributed by atoms with Crippen LogP contribution >= 0.6 is 0 Å². The maximum absolute atomic E-state index is 2.52. The minimum Gasteiger partial charge on any atom is -0.306 e. The van der Waals surface area contributed by atoms with Gasteiger partial charge in [-0.3, -0.25) is 0 Å². The molecule has 5 aliphatic heterocycles. The molecule has 6 aliphatic rings. The molecule has 6 heteroatoms. The quantitative estimate of drug-likeness (QED) is 0.231. The molecule has 0 N–H and O–H groups in total. The fourth-order valence-electron chi connectivity index (χ4n) is 9.02. The molecule has 0 unspecified atom stereocenters. The molecule has 0 amide bonds. The predicted octanol–water partition coefficient (Wildman–Crippen LogP) is 22.6. The minimum absolute atomic E-state index is 0. The highest BCUT2D eigenvalue weighted by molar-refractivity contribution is 5.20. The van der Waals surface area contributed by atoms with Crippen molar-refractivity contribution in [2.45, 2.75) is 326 Å². The monoisotopic (exact) mass is 1160 g/mol. The number of likely N-dealkylation sites (tertiary alicyclic amines) is 4. The third-order valence-electron chi connectivity index (χ3n) is 15.9. The normalized spacial score (nSPS) is 19.2. The Hall–Kier alpha value is -1.02. The first kappa shape index (κ1) is 94.6. The van der Waals surface area contributed by atoms with Gasteiger partial charge in [0.15, 0.2) is 0 Å². The standard InChI is InChI=1S/C9H18.C9H12.C8H17N.C7H16N2.3C7H15N.3C4H10.3C3H8.CH4/c2*1-3-9-6-4-8(2)5-7-9;1-3-8-4-6-9(2)7-5-8;1-3-9-6-4-8(2)5-7-9;3*1-2-8-6-4-3-5-7-8;3*1-3-4-2;3*1-3-2;/h8-9H,3-7H2,1-2H3;4-7H,3H2,1-2H3;8H,3-7H2,1-2H3;3-7H2,1-2H3;3*2-7H2,1H3;3*3-4H2,1-2H3;3*3H2,1-2H3;1H4. The second-order valence-corrected chi connectivity index (χ2v) is 24.4. The van der Waals surface area contributed by atoms with E-state index in [9.17, 15) is 0 Å². The maximum atomic E-state index is 2.52. The van der Waals surface area contributed by atoms with Crippen LogP contribution in [0.2, 0.25) is 0 Å². The smallest absolute Gasteiger partial charge is 0.0110 e. The van der Waals surface area contributed by atoms with Crippen molar-refractivity contribution in [2.75, 3.05) is 119 Å². The first-order valence-electron chi connectivity index (χ1n) is 36.4. The number of piperazine rings is 1. The van der Waals surface area contributed by atoms with Crippen molar-refractivity contribution < 1.29 is 0 Å². The predicted molar refractivity (Wildman–Crippen MR) is 386 cm³/mol. The molecule has 6 fully saturated rings. The van der Waals surface area contributed by atoms with Crippen LogP contribution in [-0.2, 0) is 6.42 Å². The number of benzene rings is 1. The lowest BCUT2D eigenvalue weighted by molar-refractivity contribution is 0.160. The van der Waals surface area contributed by atoms with Gasteiger partial charge in [-0.05, 0) is 181 Å². The van der Waals surface area contributed by atoms with E-state index in [1.165, 1.54) is 283 Å². The summed E-state index contributed by atoms with van der Waals surface area (Å²) < 4.78 is 0. The van der Waals surface area contributed by atoms with Crippen LogP contribution in [0.5, 0.6) is 0 Å². The molecule has 6 nitrogen and oxygen atoms in total. The van der Waals surface area contributed by atoms with E-state index in [0.717, 1.165) is 24.2 Å². The molecule has 5 saturated heterocycles. The summed E-state index contributed by atoms with van der Waals surface area (Å²) in [5.74, 6) is 3.12. The first-order chi connectivity index (χ1) is 39.1. The van der Waals surface area contributed by atoms with Gasteiger partial charge in [0.05, 0.1) is 0 Å². The van der Waals surface area contributed by atoms with Crippen LogP contribution in [0.1, 0.15) is 324 Å². The fourth-order valence-corrected chi connectivity index (χ4v) is 9.02. The highest BCUT2D eigenvalue weighted by Crippen LogP contribution is 2.29. The molecule has 5 heterocycles. The van der Waals surface area contributed by atoms with Crippen molar-refractivity contribution in [3.05, 3.63) is 35.4 Å². The molecule has 0 radical (unpaired) electrons. The van der Waals surface area contributed by atoms with Gasteiger partial charge in [0.25, 0.3) is 0 Å². The number of hydrogen-bond donors (Lipinski definition) is 0. The van der Waals surface area contributed by atoms with Gasteiger partial charge in [-0.2, -0.15) is 0 Å². The molecule has 0 bridgehead atoms. The molecule has 82 heavy (non-hydrogen) atoms. The van der Waals surface area contributed by atoms with Crippen molar-refractivity contribution in [1.82, 2.24) is 29.4 Å². The lowest BCUT2D eigenvalue weighted by atomic mass is 9.82. The van der Waals surface area contributed by atoms with Crippen molar-refractivity contribution in [3.63, 3.8) is 0 Å². The van der Waals surface area contributed by atoms with Gasteiger partial charge in [-0.25, -0.2) is 0 Å². The van der Waals surface area contributed by atoms with E-state index in [-0.39, 0.29) is 7.43 Å². The Bertz CT molecular complexity index is 1040. The van der Waals surface area contributed by atoms with Crippen LogP contribution in [0.4, 0.5) is 0 Å². The van der Waals surface area contributed by atoms with E-state index in [2.05, 4.69) is 213 Å². The van der Waals surface area contributed by atoms with Gasteiger partial charge in [-0.1, -0.05) is 291 Å². The highest BCUT2D eigenvalue weighted by Gasteiger charge is 2.16. The molecule has 1 aromatic carbocycles. The third-order valence-corrected chi connectivity index (χ3v) is 15.9. The van der Waals surface area contributed by atoms with Gasteiger partial charge >= 0.3 is 0 Å². The summed E-state index contributed by atoms with van der Waals surface area (Å²) in [6.07, 6.45) is 37.3. The second kappa shape index (κ2) is 80.0. The van der Waals surface area contributed by atoms with Crippen LogP contribution in [0.3, 0.4) is 0 Å². The number of hydrogen-bond acceptors (Lipinski definition) is 6. The van der Waals surface area contributed by atoms with E-state index in [1.54, 1.807) is 0 Å². The molecule has 1 aromatic rings. The molecular formula is C76H166N6. The zero-order valence-electron chi connectivity index (χ0n) is 61.1. The van der Waals surface area contributed by atoms with Gasteiger partial charge in [-0.15, -0.1) is 0 Å². The van der Waals surface area contributed by atoms with Crippen LogP contribution in [-0.4, -0.2) is 148 Å². The Morgan fingerprint density at radius 2 is 0.585 bits per heavy atom. The molecule has 0 atom stereocenters. The van der Waals surface area contributed by atoms with Crippen LogP contribution < -0.4 is 0 Å². The Morgan fingerprint density at radius 1 is 0.329 bits per heavy atom. The lowest BCUT2D eigenvalue weighted by Crippen LogP contribution is -2.44. The van der Waals surface area contributed by atoms with Crippen molar-refractivity contribution in [1.29, 1.82) is 0 Å².